The first-order valence-electron chi connectivity index (χ1n) is 4.90. The van der Waals surface area contributed by atoms with E-state index in [1.807, 2.05) is 0 Å². The Morgan fingerprint density at radius 3 is 2.80 bits per heavy atom. The largest absolute Gasteiger partial charge is 0.399 e. The Hall–Kier alpha value is -1.29. The first-order valence-corrected chi connectivity index (χ1v) is 4.90. The lowest BCUT2D eigenvalue weighted by molar-refractivity contribution is 0.164. The summed E-state index contributed by atoms with van der Waals surface area (Å²) >= 11 is 0. The van der Waals surface area contributed by atoms with Crippen molar-refractivity contribution in [3.05, 3.63) is 24.0 Å². The first kappa shape index (κ1) is 11.8. The molecule has 0 aliphatic rings. The maximum atomic E-state index is 13.0. The molecule has 3 nitrogen and oxygen atoms in total. The fourth-order valence-corrected chi connectivity index (χ4v) is 1.35. The molecule has 0 aliphatic heterocycles. The number of hydrogen-bond acceptors (Lipinski definition) is 3. The summed E-state index contributed by atoms with van der Waals surface area (Å²) in [5.41, 5.74) is 6.65. The molecule has 0 bridgehead atoms. The second-order valence-electron chi connectivity index (χ2n) is 3.71. The number of rotatable bonds is 5. The van der Waals surface area contributed by atoms with Crippen molar-refractivity contribution >= 4 is 11.4 Å². The van der Waals surface area contributed by atoms with Crippen LogP contribution < -0.4 is 11.1 Å². The molecular formula is C11H17FN2O. The maximum absolute atomic E-state index is 13.0. The van der Waals surface area contributed by atoms with E-state index < -0.39 is 0 Å². The van der Waals surface area contributed by atoms with Crippen molar-refractivity contribution in [1.82, 2.24) is 0 Å². The van der Waals surface area contributed by atoms with E-state index in [9.17, 15) is 4.39 Å². The van der Waals surface area contributed by atoms with E-state index in [0.717, 1.165) is 6.54 Å². The summed E-state index contributed by atoms with van der Waals surface area (Å²) in [4.78, 5) is 0. The number of nitrogens with two attached hydrogens (primary N) is 1. The molecule has 1 aromatic rings. The molecule has 1 rings (SSSR count). The van der Waals surface area contributed by atoms with Gasteiger partial charge in [-0.25, -0.2) is 4.39 Å². The Balaban J connectivity index is 2.50. The van der Waals surface area contributed by atoms with Gasteiger partial charge in [0.15, 0.2) is 0 Å². The van der Waals surface area contributed by atoms with Crippen molar-refractivity contribution in [3.8, 4) is 0 Å². The summed E-state index contributed by atoms with van der Waals surface area (Å²) in [5, 5.41) is 3.11. The van der Waals surface area contributed by atoms with E-state index >= 15 is 0 Å². The van der Waals surface area contributed by atoms with Crippen LogP contribution >= 0.6 is 0 Å². The number of methoxy groups -OCH3 is 1. The average Bonchev–Trinajstić information content (AvgIpc) is 2.14. The molecule has 0 aliphatic carbocycles. The Kier molecular flexibility index (Phi) is 4.37. The average molecular weight is 212 g/mol. The van der Waals surface area contributed by atoms with Crippen LogP contribution in [-0.4, -0.2) is 20.3 Å². The minimum atomic E-state index is -0.322. The molecule has 15 heavy (non-hydrogen) atoms. The van der Waals surface area contributed by atoms with Crippen LogP contribution in [0.1, 0.15) is 6.92 Å². The molecule has 0 saturated heterocycles. The topological polar surface area (TPSA) is 47.3 Å². The van der Waals surface area contributed by atoms with Gasteiger partial charge in [-0.05, 0) is 24.1 Å². The lowest BCUT2D eigenvalue weighted by Gasteiger charge is -2.12. The Morgan fingerprint density at radius 1 is 1.47 bits per heavy atom. The molecular weight excluding hydrogens is 195 g/mol. The van der Waals surface area contributed by atoms with Gasteiger partial charge in [0.05, 0.1) is 6.61 Å². The molecule has 1 aromatic carbocycles. The lowest BCUT2D eigenvalue weighted by Crippen LogP contribution is -2.15. The molecule has 0 amide bonds. The summed E-state index contributed by atoms with van der Waals surface area (Å²) in [6.45, 7) is 3.47. The molecule has 0 heterocycles. The van der Waals surface area contributed by atoms with E-state index in [-0.39, 0.29) is 5.82 Å². The van der Waals surface area contributed by atoms with Crippen LogP contribution in [0.15, 0.2) is 18.2 Å². The molecule has 3 N–H and O–H groups in total. The number of benzene rings is 1. The van der Waals surface area contributed by atoms with E-state index in [2.05, 4.69) is 12.2 Å². The van der Waals surface area contributed by atoms with Crippen molar-refractivity contribution in [2.24, 2.45) is 5.92 Å². The summed E-state index contributed by atoms with van der Waals surface area (Å²) < 4.78 is 18.0. The third-order valence-corrected chi connectivity index (χ3v) is 2.03. The first-order chi connectivity index (χ1) is 7.11. The SMILES string of the molecule is COCC(C)CNc1cc(N)cc(F)c1. The molecule has 1 atom stereocenters. The van der Waals surface area contributed by atoms with E-state index in [0.29, 0.717) is 23.9 Å². The minimum Gasteiger partial charge on any atom is -0.399 e. The number of nitrogen functional groups attached to an aromatic ring is 1. The molecule has 0 radical (unpaired) electrons. The predicted molar refractivity (Wildman–Crippen MR) is 60.3 cm³/mol. The van der Waals surface area contributed by atoms with Crippen LogP contribution in [0.4, 0.5) is 15.8 Å². The third kappa shape index (κ3) is 4.16. The van der Waals surface area contributed by atoms with Gasteiger partial charge in [-0.3, -0.25) is 0 Å². The lowest BCUT2D eigenvalue weighted by atomic mass is 10.2. The zero-order chi connectivity index (χ0) is 11.3. The number of hydrogen-bond donors (Lipinski definition) is 2. The molecule has 0 fully saturated rings. The van der Waals surface area contributed by atoms with Crippen molar-refractivity contribution in [3.63, 3.8) is 0 Å². The summed E-state index contributed by atoms with van der Waals surface area (Å²) in [6.07, 6.45) is 0. The van der Waals surface area contributed by atoms with Crippen LogP contribution in [0.25, 0.3) is 0 Å². The fourth-order valence-electron chi connectivity index (χ4n) is 1.35. The number of halogens is 1. The molecule has 0 aromatic heterocycles. The van der Waals surface area contributed by atoms with Crippen molar-refractivity contribution in [2.45, 2.75) is 6.92 Å². The van der Waals surface area contributed by atoms with Crippen LogP contribution in [0.5, 0.6) is 0 Å². The van der Waals surface area contributed by atoms with E-state index in [1.165, 1.54) is 12.1 Å². The quantitative estimate of drug-likeness (QED) is 0.735. The molecule has 0 spiro atoms. The van der Waals surface area contributed by atoms with Crippen LogP contribution in [-0.2, 0) is 4.74 Å². The van der Waals surface area contributed by atoms with Crippen molar-refractivity contribution in [2.75, 3.05) is 31.3 Å². The van der Waals surface area contributed by atoms with Gasteiger partial charge in [-0.1, -0.05) is 6.92 Å². The molecule has 1 unspecified atom stereocenters. The van der Waals surface area contributed by atoms with Gasteiger partial charge in [0.2, 0.25) is 0 Å². The number of ether oxygens (including phenoxy) is 1. The van der Waals surface area contributed by atoms with Gasteiger partial charge in [-0.2, -0.15) is 0 Å². The molecule has 0 saturated carbocycles. The Morgan fingerprint density at radius 2 is 2.20 bits per heavy atom. The zero-order valence-electron chi connectivity index (χ0n) is 9.09. The van der Waals surface area contributed by atoms with Gasteiger partial charge in [0.25, 0.3) is 0 Å². The third-order valence-electron chi connectivity index (χ3n) is 2.03. The highest BCUT2D eigenvalue weighted by molar-refractivity contribution is 5.54. The van der Waals surface area contributed by atoms with Gasteiger partial charge in [0.1, 0.15) is 5.82 Å². The fraction of sp³-hybridized carbons (Fsp3) is 0.455. The summed E-state index contributed by atoms with van der Waals surface area (Å²) in [6, 6.07) is 4.43. The number of anilines is 2. The van der Waals surface area contributed by atoms with Gasteiger partial charge >= 0.3 is 0 Å². The van der Waals surface area contributed by atoms with E-state index in [4.69, 9.17) is 10.5 Å². The highest BCUT2D eigenvalue weighted by atomic mass is 19.1. The van der Waals surface area contributed by atoms with E-state index in [1.54, 1.807) is 13.2 Å². The maximum Gasteiger partial charge on any atom is 0.127 e. The second-order valence-corrected chi connectivity index (χ2v) is 3.71. The molecule has 4 heteroatoms. The Bertz CT molecular complexity index is 297. The monoisotopic (exact) mass is 212 g/mol. The predicted octanol–water partition coefficient (Wildman–Crippen LogP) is 2.10. The van der Waals surface area contributed by atoms with Gasteiger partial charge in [-0.15, -0.1) is 0 Å². The molecule has 84 valence electrons. The minimum absolute atomic E-state index is 0.322. The highest BCUT2D eigenvalue weighted by Gasteiger charge is 2.02. The smallest absolute Gasteiger partial charge is 0.127 e. The van der Waals surface area contributed by atoms with Crippen LogP contribution in [0, 0.1) is 11.7 Å². The highest BCUT2D eigenvalue weighted by Crippen LogP contribution is 2.15. The number of nitrogens with one attached hydrogen (secondary N) is 1. The van der Waals surface area contributed by atoms with Gasteiger partial charge in [0, 0.05) is 25.0 Å². The van der Waals surface area contributed by atoms with Crippen molar-refractivity contribution in [1.29, 1.82) is 0 Å². The Labute approximate surface area is 89.4 Å². The zero-order valence-corrected chi connectivity index (χ0v) is 9.09. The van der Waals surface area contributed by atoms with Crippen LogP contribution in [0.2, 0.25) is 0 Å². The van der Waals surface area contributed by atoms with Gasteiger partial charge < -0.3 is 15.8 Å². The second kappa shape index (κ2) is 5.56. The summed E-state index contributed by atoms with van der Waals surface area (Å²) in [7, 11) is 1.66. The van der Waals surface area contributed by atoms with Crippen molar-refractivity contribution < 1.29 is 9.13 Å². The standard InChI is InChI=1S/C11H17FN2O/c1-8(7-15-2)6-14-11-4-9(12)3-10(13)5-11/h3-5,8,14H,6-7,13H2,1-2H3. The normalized spacial score (nSPS) is 12.5. The summed E-state index contributed by atoms with van der Waals surface area (Å²) in [5.74, 6) is 0.0522. The van der Waals surface area contributed by atoms with Crippen LogP contribution in [0.3, 0.4) is 0 Å².